The molecule has 8 heteroatoms. The van der Waals surface area contributed by atoms with E-state index >= 15 is 0 Å². The lowest BCUT2D eigenvalue weighted by Gasteiger charge is -2.21. The van der Waals surface area contributed by atoms with E-state index in [9.17, 15) is 9.59 Å². The minimum atomic E-state index is -0.819. The number of aliphatic imine (C=N–C) groups is 1. The van der Waals surface area contributed by atoms with E-state index in [4.69, 9.17) is 9.47 Å². The van der Waals surface area contributed by atoms with Gasteiger partial charge in [0.1, 0.15) is 6.04 Å². The lowest BCUT2D eigenvalue weighted by molar-refractivity contribution is -0.124. The molecule has 0 saturated heterocycles. The molecule has 132 valence electrons. The highest BCUT2D eigenvalue weighted by molar-refractivity contribution is 6.10. The number of rotatable bonds is 3. The minimum absolute atomic E-state index is 0.0175. The maximum absolute atomic E-state index is 12.5. The van der Waals surface area contributed by atoms with Gasteiger partial charge in [-0.1, -0.05) is 18.2 Å². The van der Waals surface area contributed by atoms with Gasteiger partial charge < -0.3 is 20.1 Å². The molecule has 0 unspecified atom stereocenters. The summed E-state index contributed by atoms with van der Waals surface area (Å²) in [6.07, 6.45) is -0.0175. The molecule has 0 aromatic heterocycles. The summed E-state index contributed by atoms with van der Waals surface area (Å²) < 4.78 is 10.5. The fourth-order valence-electron chi connectivity index (χ4n) is 2.67. The number of carbonyl (C=O) groups excluding carboxylic acids is 2. The number of ether oxygens (including phenoxy) is 2. The highest BCUT2D eigenvalue weighted by Gasteiger charge is 2.27. The van der Waals surface area contributed by atoms with Gasteiger partial charge in [0.05, 0.1) is 6.42 Å². The van der Waals surface area contributed by atoms with Crippen molar-refractivity contribution < 1.29 is 19.1 Å². The predicted octanol–water partition coefficient (Wildman–Crippen LogP) is 1.71. The Balaban J connectivity index is 1.47. The second kappa shape index (κ2) is 6.75. The van der Waals surface area contributed by atoms with E-state index in [1.165, 1.54) is 0 Å². The Bertz CT molecular complexity index is 882. The zero-order valence-electron chi connectivity index (χ0n) is 13.7. The number of hydrogen-bond donors (Lipinski definition) is 3. The van der Waals surface area contributed by atoms with Gasteiger partial charge >= 0.3 is 0 Å². The van der Waals surface area contributed by atoms with E-state index in [1.807, 2.05) is 30.3 Å². The summed E-state index contributed by atoms with van der Waals surface area (Å²) in [6, 6.07) is 13.6. The van der Waals surface area contributed by atoms with Crippen molar-refractivity contribution in [2.75, 3.05) is 17.4 Å². The molecule has 2 heterocycles. The van der Waals surface area contributed by atoms with Gasteiger partial charge in [0.2, 0.25) is 24.6 Å². The van der Waals surface area contributed by atoms with Gasteiger partial charge in [0.25, 0.3) is 0 Å². The minimum Gasteiger partial charge on any atom is -0.454 e. The Morgan fingerprint density at radius 3 is 2.73 bits per heavy atom. The van der Waals surface area contributed by atoms with E-state index in [0.717, 1.165) is 5.69 Å². The van der Waals surface area contributed by atoms with Crippen LogP contribution in [0.15, 0.2) is 53.5 Å². The summed E-state index contributed by atoms with van der Waals surface area (Å²) in [5.74, 6) is 0.806. The average molecular weight is 352 g/mol. The number of carbonyl (C=O) groups is 2. The number of nitrogens with zero attached hydrogens (tertiary/aromatic N) is 1. The molecule has 4 rings (SSSR count). The molecule has 2 aliphatic heterocycles. The Labute approximate surface area is 149 Å². The smallest absolute Gasteiger partial charge is 0.249 e. The van der Waals surface area contributed by atoms with Crippen LogP contribution < -0.4 is 25.4 Å². The van der Waals surface area contributed by atoms with Crippen molar-refractivity contribution in [3.63, 3.8) is 0 Å². The molecular weight excluding hydrogens is 336 g/mol. The highest BCUT2D eigenvalue weighted by atomic mass is 16.7. The first-order valence-corrected chi connectivity index (χ1v) is 8.07. The summed E-state index contributed by atoms with van der Waals surface area (Å²) in [5, 5.41) is 8.38. The molecule has 2 amide bonds. The van der Waals surface area contributed by atoms with Crippen molar-refractivity contribution in [1.82, 2.24) is 5.32 Å². The number of fused-ring (bicyclic) bond motifs is 1. The highest BCUT2D eigenvalue weighted by Crippen LogP contribution is 2.34. The van der Waals surface area contributed by atoms with Crippen LogP contribution in [-0.4, -0.2) is 30.6 Å². The van der Waals surface area contributed by atoms with E-state index in [0.29, 0.717) is 17.2 Å². The number of guanidine groups is 1. The third-order valence-corrected chi connectivity index (χ3v) is 3.90. The second-order valence-electron chi connectivity index (χ2n) is 5.79. The fraction of sp³-hybridized carbons (Fsp3) is 0.167. The largest absolute Gasteiger partial charge is 0.454 e. The maximum Gasteiger partial charge on any atom is 0.249 e. The summed E-state index contributed by atoms with van der Waals surface area (Å²) in [4.78, 5) is 28.8. The van der Waals surface area contributed by atoms with Crippen LogP contribution in [0.1, 0.15) is 6.42 Å². The maximum atomic E-state index is 12.5. The van der Waals surface area contributed by atoms with Crippen molar-refractivity contribution >= 4 is 29.1 Å². The van der Waals surface area contributed by atoms with Crippen LogP contribution in [0, 0.1) is 0 Å². The topological polar surface area (TPSA) is 101 Å². The molecule has 26 heavy (non-hydrogen) atoms. The van der Waals surface area contributed by atoms with Gasteiger partial charge in [-0.15, -0.1) is 0 Å². The fourth-order valence-corrected chi connectivity index (χ4v) is 2.67. The number of benzene rings is 2. The Kier molecular flexibility index (Phi) is 4.14. The molecule has 0 radical (unpaired) electrons. The Morgan fingerprint density at radius 2 is 1.88 bits per heavy atom. The molecule has 0 fully saturated rings. The Morgan fingerprint density at radius 1 is 1.08 bits per heavy atom. The van der Waals surface area contributed by atoms with Crippen molar-refractivity contribution in [1.29, 1.82) is 0 Å². The lowest BCUT2D eigenvalue weighted by atomic mass is 10.1. The average Bonchev–Trinajstić information content (AvgIpc) is 3.10. The van der Waals surface area contributed by atoms with E-state index in [1.54, 1.807) is 18.2 Å². The quantitative estimate of drug-likeness (QED) is 0.781. The number of hydrogen-bond acceptors (Lipinski definition) is 6. The molecule has 0 aliphatic carbocycles. The van der Waals surface area contributed by atoms with Crippen LogP contribution in [-0.2, 0) is 9.59 Å². The molecule has 3 N–H and O–H groups in total. The van der Waals surface area contributed by atoms with Gasteiger partial charge in [-0.2, -0.15) is 0 Å². The molecule has 2 aromatic rings. The molecule has 2 aliphatic rings. The van der Waals surface area contributed by atoms with Gasteiger partial charge in [-0.3, -0.25) is 14.9 Å². The standard InChI is InChI=1S/C18H16N4O4/c23-16-9-13(21-18(22-16)20-11-4-2-1-3-5-11)17(24)19-12-6-7-14-15(8-12)26-10-25-14/h1-8,13H,9-10H2,(H,19,24)(H2,20,21,22,23)/t13-/m1/s1. The predicted molar refractivity (Wildman–Crippen MR) is 95.2 cm³/mol. The van der Waals surface area contributed by atoms with Crippen LogP contribution in [0.4, 0.5) is 11.4 Å². The number of para-hydroxylation sites is 1. The number of amides is 2. The van der Waals surface area contributed by atoms with Crippen LogP contribution in [0.2, 0.25) is 0 Å². The summed E-state index contributed by atoms with van der Waals surface area (Å²) >= 11 is 0. The van der Waals surface area contributed by atoms with Gasteiger partial charge in [0.15, 0.2) is 11.5 Å². The van der Waals surface area contributed by atoms with Crippen molar-refractivity contribution in [2.24, 2.45) is 4.99 Å². The molecule has 0 bridgehead atoms. The molecule has 8 nitrogen and oxygen atoms in total. The van der Waals surface area contributed by atoms with E-state index in [-0.39, 0.29) is 31.0 Å². The molecule has 2 aromatic carbocycles. The molecule has 0 saturated carbocycles. The van der Waals surface area contributed by atoms with E-state index < -0.39 is 6.04 Å². The second-order valence-corrected chi connectivity index (χ2v) is 5.79. The molecule has 0 spiro atoms. The number of anilines is 2. The lowest BCUT2D eigenvalue weighted by Crippen LogP contribution is -2.45. The molecular formula is C18H16N4O4. The number of nitrogens with one attached hydrogen (secondary N) is 3. The Hall–Kier alpha value is -3.55. The monoisotopic (exact) mass is 352 g/mol. The van der Waals surface area contributed by atoms with Crippen LogP contribution in [0.3, 0.4) is 0 Å². The van der Waals surface area contributed by atoms with Crippen LogP contribution in [0.25, 0.3) is 0 Å². The SMILES string of the molecule is O=C1C[C@H](C(=O)Nc2ccc3c(c2)OCO3)N=C(Nc2ccccc2)N1. The first-order valence-electron chi connectivity index (χ1n) is 8.07. The van der Waals surface area contributed by atoms with Gasteiger partial charge in [-0.25, -0.2) is 4.99 Å². The zero-order chi connectivity index (χ0) is 17.9. The zero-order valence-corrected chi connectivity index (χ0v) is 13.7. The van der Waals surface area contributed by atoms with E-state index in [2.05, 4.69) is 20.9 Å². The first kappa shape index (κ1) is 15.9. The van der Waals surface area contributed by atoms with Gasteiger partial charge in [0, 0.05) is 17.4 Å². The van der Waals surface area contributed by atoms with Crippen molar-refractivity contribution in [3.8, 4) is 11.5 Å². The third-order valence-electron chi connectivity index (χ3n) is 3.90. The first-order chi connectivity index (χ1) is 12.7. The van der Waals surface area contributed by atoms with Crippen LogP contribution >= 0.6 is 0 Å². The van der Waals surface area contributed by atoms with Crippen molar-refractivity contribution in [3.05, 3.63) is 48.5 Å². The van der Waals surface area contributed by atoms with Crippen LogP contribution in [0.5, 0.6) is 11.5 Å². The molecule has 1 atom stereocenters. The summed E-state index contributed by atoms with van der Waals surface area (Å²) in [6.45, 7) is 0.161. The van der Waals surface area contributed by atoms with Gasteiger partial charge in [-0.05, 0) is 24.3 Å². The van der Waals surface area contributed by atoms with Crippen molar-refractivity contribution in [2.45, 2.75) is 12.5 Å². The summed E-state index contributed by atoms with van der Waals surface area (Å²) in [7, 11) is 0. The third kappa shape index (κ3) is 3.44. The normalized spacial score (nSPS) is 17.9. The summed E-state index contributed by atoms with van der Waals surface area (Å²) in [5.41, 5.74) is 1.32.